The van der Waals surface area contributed by atoms with E-state index in [4.69, 9.17) is 5.11 Å². The van der Waals surface area contributed by atoms with Gasteiger partial charge in [-0.3, -0.25) is 4.79 Å². The van der Waals surface area contributed by atoms with Crippen LogP contribution in [0.25, 0.3) is 11.3 Å². The van der Waals surface area contributed by atoms with Crippen LogP contribution < -0.4 is 0 Å². The number of nitrogens with zero attached hydrogens (tertiary/aromatic N) is 1. The first-order valence-corrected chi connectivity index (χ1v) is 5.39. The maximum absolute atomic E-state index is 10.8. The van der Waals surface area contributed by atoms with Crippen molar-refractivity contribution in [1.82, 2.24) is 15.0 Å². The Kier molecular flexibility index (Phi) is 2.75. The molecule has 0 saturated carbocycles. The number of carboxylic acid groups (broad SMARTS) is 1. The molecular weight excluding hydrogens is 218 g/mol. The van der Waals surface area contributed by atoms with E-state index in [0.717, 1.165) is 11.3 Å². The van der Waals surface area contributed by atoms with Crippen molar-refractivity contribution in [3.05, 3.63) is 30.5 Å². The average Bonchev–Trinajstić information content (AvgIpc) is 2.87. The molecule has 3 N–H and O–H groups in total. The van der Waals surface area contributed by atoms with E-state index in [0.29, 0.717) is 5.82 Å². The average molecular weight is 233 g/mol. The van der Waals surface area contributed by atoms with Crippen molar-refractivity contribution in [1.29, 1.82) is 0 Å². The van der Waals surface area contributed by atoms with Crippen LogP contribution in [0.2, 0.25) is 0 Å². The van der Waals surface area contributed by atoms with Gasteiger partial charge in [0.05, 0.1) is 18.3 Å². The first kappa shape index (κ1) is 11.4. The Hall–Kier alpha value is -2.04. The summed E-state index contributed by atoms with van der Waals surface area (Å²) in [6.45, 7) is 3.72. The van der Waals surface area contributed by atoms with Crippen LogP contribution in [0.4, 0.5) is 0 Å². The molecule has 5 nitrogen and oxygen atoms in total. The Morgan fingerprint density at radius 3 is 2.88 bits per heavy atom. The lowest BCUT2D eigenvalue weighted by molar-refractivity contribution is -0.138. The Bertz CT molecular complexity index is 512. The molecule has 2 heterocycles. The molecule has 0 aliphatic heterocycles. The van der Waals surface area contributed by atoms with E-state index in [9.17, 15) is 4.79 Å². The minimum absolute atomic E-state index is 0.0487. The standard InChI is InChI=1S/C12H15N3O2/c1-12(2,5-10(16)17)11-14-7-9(15-11)8-3-4-13-6-8/h3-4,6-7,13H,5H2,1-2H3,(H,14,15)(H,16,17). The molecule has 2 aromatic rings. The van der Waals surface area contributed by atoms with E-state index in [-0.39, 0.29) is 6.42 Å². The van der Waals surface area contributed by atoms with Crippen molar-refractivity contribution in [2.24, 2.45) is 0 Å². The van der Waals surface area contributed by atoms with Gasteiger partial charge in [0.25, 0.3) is 0 Å². The highest BCUT2D eigenvalue weighted by Crippen LogP contribution is 2.26. The van der Waals surface area contributed by atoms with E-state index in [1.165, 1.54) is 0 Å². The van der Waals surface area contributed by atoms with Crippen molar-refractivity contribution in [3.63, 3.8) is 0 Å². The molecule has 0 aliphatic carbocycles. The number of H-pyrrole nitrogens is 2. The number of carboxylic acids is 1. The van der Waals surface area contributed by atoms with Crippen LogP contribution in [-0.2, 0) is 10.2 Å². The third kappa shape index (κ3) is 2.38. The molecule has 0 spiro atoms. The maximum Gasteiger partial charge on any atom is 0.304 e. The van der Waals surface area contributed by atoms with Crippen LogP contribution in [0.5, 0.6) is 0 Å². The van der Waals surface area contributed by atoms with Gasteiger partial charge < -0.3 is 15.1 Å². The summed E-state index contributed by atoms with van der Waals surface area (Å²) in [4.78, 5) is 21.2. The van der Waals surface area contributed by atoms with Gasteiger partial charge in [-0.1, -0.05) is 13.8 Å². The zero-order valence-corrected chi connectivity index (χ0v) is 9.82. The zero-order valence-electron chi connectivity index (χ0n) is 9.82. The van der Waals surface area contributed by atoms with Crippen LogP contribution in [0, 0.1) is 0 Å². The molecule has 0 bridgehead atoms. The fourth-order valence-electron chi connectivity index (χ4n) is 1.77. The zero-order chi connectivity index (χ0) is 12.5. The van der Waals surface area contributed by atoms with Crippen LogP contribution in [0.1, 0.15) is 26.1 Å². The van der Waals surface area contributed by atoms with E-state index in [2.05, 4.69) is 15.0 Å². The lowest BCUT2D eigenvalue weighted by atomic mass is 9.88. The van der Waals surface area contributed by atoms with Crippen molar-refractivity contribution in [3.8, 4) is 11.3 Å². The molecule has 5 heteroatoms. The molecule has 0 unspecified atom stereocenters. The van der Waals surface area contributed by atoms with E-state index < -0.39 is 11.4 Å². The number of hydrogen-bond acceptors (Lipinski definition) is 2. The Labute approximate surface area is 98.9 Å². The highest BCUT2D eigenvalue weighted by atomic mass is 16.4. The minimum atomic E-state index is -0.824. The summed E-state index contributed by atoms with van der Waals surface area (Å²) in [5.74, 6) is -0.134. The van der Waals surface area contributed by atoms with Gasteiger partial charge >= 0.3 is 5.97 Å². The Morgan fingerprint density at radius 2 is 2.29 bits per heavy atom. The summed E-state index contributed by atoms with van der Waals surface area (Å²) >= 11 is 0. The third-order valence-electron chi connectivity index (χ3n) is 2.72. The minimum Gasteiger partial charge on any atom is -0.481 e. The van der Waals surface area contributed by atoms with Crippen molar-refractivity contribution in [2.75, 3.05) is 0 Å². The van der Waals surface area contributed by atoms with Gasteiger partial charge in [-0.05, 0) is 6.07 Å². The smallest absolute Gasteiger partial charge is 0.304 e. The lowest BCUT2D eigenvalue weighted by Gasteiger charge is -2.19. The Balaban J connectivity index is 2.26. The second kappa shape index (κ2) is 4.08. The first-order chi connectivity index (χ1) is 7.99. The summed E-state index contributed by atoms with van der Waals surface area (Å²) < 4.78 is 0. The normalized spacial score (nSPS) is 11.6. The topological polar surface area (TPSA) is 81.8 Å². The highest BCUT2D eigenvalue weighted by Gasteiger charge is 2.27. The van der Waals surface area contributed by atoms with E-state index in [1.54, 1.807) is 6.20 Å². The Morgan fingerprint density at radius 1 is 1.53 bits per heavy atom. The van der Waals surface area contributed by atoms with Gasteiger partial charge in [-0.25, -0.2) is 4.98 Å². The molecular formula is C12H15N3O2. The summed E-state index contributed by atoms with van der Waals surface area (Å²) in [6, 6.07) is 1.93. The summed E-state index contributed by atoms with van der Waals surface area (Å²) in [6.07, 6.45) is 5.47. The second-order valence-electron chi connectivity index (χ2n) is 4.70. The van der Waals surface area contributed by atoms with Crippen molar-refractivity contribution >= 4 is 5.97 Å². The largest absolute Gasteiger partial charge is 0.481 e. The lowest BCUT2D eigenvalue weighted by Crippen LogP contribution is -2.23. The molecule has 2 aromatic heterocycles. The molecule has 0 aromatic carbocycles. The maximum atomic E-state index is 10.8. The van der Waals surface area contributed by atoms with Gasteiger partial charge in [-0.15, -0.1) is 0 Å². The molecule has 2 rings (SSSR count). The number of hydrogen-bond donors (Lipinski definition) is 3. The van der Waals surface area contributed by atoms with Gasteiger partial charge in [0, 0.05) is 23.4 Å². The number of aliphatic carboxylic acids is 1. The van der Waals surface area contributed by atoms with Crippen molar-refractivity contribution < 1.29 is 9.90 Å². The quantitative estimate of drug-likeness (QED) is 0.756. The molecule has 17 heavy (non-hydrogen) atoms. The highest BCUT2D eigenvalue weighted by molar-refractivity contribution is 5.68. The molecule has 90 valence electrons. The molecule has 0 radical (unpaired) electrons. The first-order valence-electron chi connectivity index (χ1n) is 5.39. The van der Waals surface area contributed by atoms with Crippen LogP contribution >= 0.6 is 0 Å². The van der Waals surface area contributed by atoms with Gasteiger partial charge in [0.2, 0.25) is 0 Å². The second-order valence-corrected chi connectivity index (χ2v) is 4.70. The number of aromatic amines is 2. The summed E-state index contributed by atoms with van der Waals surface area (Å²) in [5.41, 5.74) is 1.40. The number of nitrogens with one attached hydrogen (secondary N) is 2. The van der Waals surface area contributed by atoms with Crippen LogP contribution in [-0.4, -0.2) is 26.0 Å². The van der Waals surface area contributed by atoms with Crippen molar-refractivity contribution in [2.45, 2.75) is 25.7 Å². The van der Waals surface area contributed by atoms with E-state index >= 15 is 0 Å². The number of aromatic nitrogens is 3. The fraction of sp³-hybridized carbons (Fsp3) is 0.333. The third-order valence-corrected chi connectivity index (χ3v) is 2.72. The van der Waals surface area contributed by atoms with Crippen LogP contribution in [0.3, 0.4) is 0 Å². The summed E-state index contributed by atoms with van der Waals surface area (Å²) in [5, 5.41) is 8.85. The molecule has 0 atom stereocenters. The fourth-order valence-corrected chi connectivity index (χ4v) is 1.77. The number of carbonyl (C=O) groups is 1. The van der Waals surface area contributed by atoms with Gasteiger partial charge in [-0.2, -0.15) is 0 Å². The predicted molar refractivity (Wildman–Crippen MR) is 63.7 cm³/mol. The molecule has 0 fully saturated rings. The van der Waals surface area contributed by atoms with Gasteiger partial charge in [0.1, 0.15) is 5.82 Å². The molecule has 0 saturated heterocycles. The number of rotatable bonds is 4. The predicted octanol–water partition coefficient (Wildman–Crippen LogP) is 2.16. The molecule has 0 amide bonds. The summed E-state index contributed by atoms with van der Waals surface area (Å²) in [7, 11) is 0. The van der Waals surface area contributed by atoms with Crippen LogP contribution in [0.15, 0.2) is 24.7 Å². The monoisotopic (exact) mass is 233 g/mol. The molecule has 0 aliphatic rings. The van der Waals surface area contributed by atoms with E-state index in [1.807, 2.05) is 32.3 Å². The SMILES string of the molecule is CC(C)(CC(=O)O)c1ncc(-c2cc[nH]c2)[nH]1. The number of imidazole rings is 1. The van der Waals surface area contributed by atoms with Gasteiger partial charge in [0.15, 0.2) is 0 Å².